The molecule has 0 amide bonds. The summed E-state index contributed by atoms with van der Waals surface area (Å²) in [6, 6.07) is 34.8. The molecule has 0 saturated carbocycles. The second-order valence-electron chi connectivity index (χ2n) is 5.78. The van der Waals surface area contributed by atoms with Crippen LogP contribution in [0.4, 0.5) is 0 Å². The van der Waals surface area contributed by atoms with Crippen molar-refractivity contribution in [3.05, 3.63) is 97.1 Å². The van der Waals surface area contributed by atoms with Crippen LogP contribution in [0.3, 0.4) is 0 Å². The summed E-state index contributed by atoms with van der Waals surface area (Å²) in [5.41, 5.74) is 4.88. The van der Waals surface area contributed by atoms with E-state index in [1.54, 1.807) is 0 Å². The van der Waals surface area contributed by atoms with E-state index < -0.39 is 18.9 Å². The second-order valence-corrected chi connectivity index (χ2v) is 15.1. The summed E-state index contributed by atoms with van der Waals surface area (Å²) in [6.07, 6.45) is 0. The predicted octanol–water partition coefficient (Wildman–Crippen LogP) is 7.31. The fourth-order valence-electron chi connectivity index (χ4n) is 2.12. The average Bonchev–Trinajstić information content (AvgIpc) is 3.13. The summed E-state index contributed by atoms with van der Waals surface area (Å²) in [5.74, 6) is 0. The number of rotatable bonds is 0. The van der Waals surface area contributed by atoms with Crippen molar-refractivity contribution in [2.45, 2.75) is 13.8 Å². The largest absolute Gasteiger partial charge is 0.168 e. The molecule has 0 fully saturated rings. The zero-order chi connectivity index (χ0) is 18.8. The van der Waals surface area contributed by atoms with Crippen LogP contribution in [0.1, 0.15) is 13.8 Å². The first-order valence-electron chi connectivity index (χ1n) is 8.27. The zero-order valence-corrected chi connectivity index (χ0v) is 18.8. The van der Waals surface area contributed by atoms with Gasteiger partial charge in [-0.1, -0.05) is 24.3 Å². The Morgan fingerprint density at radius 1 is 0.654 bits per heavy atom. The zero-order valence-electron chi connectivity index (χ0n) is 14.8. The van der Waals surface area contributed by atoms with Gasteiger partial charge in [0.1, 0.15) is 0 Å². The van der Waals surface area contributed by atoms with E-state index in [-0.39, 0.29) is 0 Å². The molecule has 0 atom stereocenters. The molecule has 4 aliphatic rings. The van der Waals surface area contributed by atoms with E-state index in [0.29, 0.717) is 0 Å². The third-order valence-electron chi connectivity index (χ3n) is 3.53. The van der Waals surface area contributed by atoms with E-state index in [4.69, 9.17) is 17.0 Å². The molecule has 0 spiro atoms. The third-order valence-corrected chi connectivity index (χ3v) is 9.86. The molecule has 0 N–H and O–H groups in total. The minimum absolute atomic E-state index is 1.19. The topological polar surface area (TPSA) is 0 Å². The molecule has 0 aliphatic heterocycles. The molecule has 0 unspecified atom stereocenters. The van der Waals surface area contributed by atoms with Crippen LogP contribution >= 0.6 is 17.0 Å². The molecule has 0 nitrogen and oxygen atoms in total. The van der Waals surface area contributed by atoms with Gasteiger partial charge in [0.25, 0.3) is 0 Å². The molecule has 4 rings (SSSR count). The summed E-state index contributed by atoms with van der Waals surface area (Å²) in [6.45, 7) is 3.96. The first-order chi connectivity index (χ1) is 12.6. The molecular formula is C23H20Cl2Zr-2. The molecule has 4 aliphatic carbocycles. The van der Waals surface area contributed by atoms with Crippen LogP contribution in [0.5, 0.6) is 0 Å². The maximum Gasteiger partial charge on any atom is -0.0723 e. The van der Waals surface area contributed by atoms with E-state index in [0.717, 1.165) is 0 Å². The molecule has 0 aromatic rings. The fraction of sp³-hybridized carbons (Fsp3) is 0.0870. The van der Waals surface area contributed by atoms with Crippen LogP contribution in [-0.2, 0) is 18.9 Å². The molecule has 0 aromatic heterocycles. The minimum atomic E-state index is -1.84. The van der Waals surface area contributed by atoms with Crippen molar-refractivity contribution in [1.82, 2.24) is 0 Å². The maximum absolute atomic E-state index is 5.54. The number of hydrogen-bond donors (Lipinski definition) is 0. The number of hydrogen-bond acceptors (Lipinski definition) is 0. The minimum Gasteiger partial charge on any atom is -0.168 e. The summed E-state index contributed by atoms with van der Waals surface area (Å²) in [5, 5.41) is 0. The smallest absolute Gasteiger partial charge is 0.0723 e. The van der Waals surface area contributed by atoms with Crippen molar-refractivity contribution < 1.29 is 18.9 Å². The van der Waals surface area contributed by atoms with Crippen LogP contribution in [-0.4, -0.2) is 3.21 Å². The normalized spacial score (nSPS) is 9.54. The van der Waals surface area contributed by atoms with E-state index in [9.17, 15) is 0 Å². The average molecular weight is 459 g/mol. The molecule has 0 saturated heterocycles. The van der Waals surface area contributed by atoms with Gasteiger partial charge in [0.15, 0.2) is 0 Å². The van der Waals surface area contributed by atoms with Gasteiger partial charge < -0.3 is 0 Å². The molecule has 0 bridgehead atoms. The molecule has 0 aromatic carbocycles. The summed E-state index contributed by atoms with van der Waals surface area (Å²) in [4.78, 5) is 0. The van der Waals surface area contributed by atoms with Crippen LogP contribution in [0.15, 0.2) is 84.9 Å². The van der Waals surface area contributed by atoms with Gasteiger partial charge in [0.05, 0.1) is 0 Å². The van der Waals surface area contributed by atoms with E-state index >= 15 is 0 Å². The first kappa shape index (κ1) is 21.0. The Morgan fingerprint density at radius 2 is 1.04 bits per heavy atom. The number of fused-ring (bicyclic) bond motifs is 2. The molecule has 0 heterocycles. The van der Waals surface area contributed by atoms with Gasteiger partial charge in [-0.2, -0.15) is 35.4 Å². The molecular weight excluding hydrogens is 438 g/mol. The Hall–Kier alpha value is -1.27. The van der Waals surface area contributed by atoms with Crippen molar-refractivity contribution in [3.63, 3.8) is 0 Å². The van der Waals surface area contributed by atoms with Crippen molar-refractivity contribution in [2.75, 3.05) is 0 Å². The molecule has 3 heteroatoms. The van der Waals surface area contributed by atoms with Gasteiger partial charge in [-0.3, -0.25) is 0 Å². The van der Waals surface area contributed by atoms with Crippen molar-refractivity contribution in [2.24, 2.45) is 0 Å². The Labute approximate surface area is 171 Å². The third kappa shape index (κ3) is 7.16. The number of halogens is 2. The predicted molar refractivity (Wildman–Crippen MR) is 112 cm³/mol. The molecule has 26 heavy (non-hydrogen) atoms. The van der Waals surface area contributed by atoms with Crippen molar-refractivity contribution >= 4 is 20.2 Å². The maximum atomic E-state index is 5.54. The van der Waals surface area contributed by atoms with Gasteiger partial charge in [-0.05, 0) is 0 Å². The van der Waals surface area contributed by atoms with Crippen molar-refractivity contribution in [1.29, 1.82) is 0 Å². The Kier molecular flexibility index (Phi) is 9.26. The molecule has 132 valence electrons. The van der Waals surface area contributed by atoms with Crippen LogP contribution in [0, 0.1) is 12.1 Å². The summed E-state index contributed by atoms with van der Waals surface area (Å²) in [7, 11) is 11.1. The van der Waals surface area contributed by atoms with Crippen molar-refractivity contribution in [3.8, 4) is 22.3 Å². The van der Waals surface area contributed by atoms with Gasteiger partial charge in [0, 0.05) is 0 Å². The quantitative estimate of drug-likeness (QED) is 0.242. The Morgan fingerprint density at radius 3 is 1.42 bits per heavy atom. The van der Waals surface area contributed by atoms with Gasteiger partial charge in [0.2, 0.25) is 0 Å². The van der Waals surface area contributed by atoms with Gasteiger partial charge >= 0.3 is 53.0 Å². The Bertz CT molecular complexity index is 763. The van der Waals surface area contributed by atoms with E-state index in [1.165, 1.54) is 25.5 Å². The SMILES string of the molecule is C[C](C)=[Zr]([Cl])[Cl].[c-]1ccc2cccccc1-2.[c-]1ccc2cccccc1-2. The van der Waals surface area contributed by atoms with E-state index in [2.05, 4.69) is 48.5 Å². The summed E-state index contributed by atoms with van der Waals surface area (Å²) >= 11 is -1.84. The molecule has 0 radical (unpaired) electrons. The monoisotopic (exact) mass is 456 g/mol. The van der Waals surface area contributed by atoms with Gasteiger partial charge in [-0.15, -0.1) is 59.7 Å². The first-order valence-corrected chi connectivity index (χ1v) is 15.8. The van der Waals surface area contributed by atoms with Crippen LogP contribution in [0.2, 0.25) is 0 Å². The Balaban J connectivity index is 0.000000146. The fourth-order valence-corrected chi connectivity index (χ4v) is 2.12. The summed E-state index contributed by atoms with van der Waals surface area (Å²) < 4.78 is 1.24. The second kappa shape index (κ2) is 11.4. The van der Waals surface area contributed by atoms with Crippen LogP contribution < -0.4 is 0 Å². The van der Waals surface area contributed by atoms with Gasteiger partial charge in [-0.25, -0.2) is 0 Å². The van der Waals surface area contributed by atoms with E-state index in [1.807, 2.05) is 62.4 Å². The standard InChI is InChI=1S/2C10H7.C3H6.2ClH.Zr/c2*1-2-5-9-7-4-8-10(9)6-3-1;1-3-2;;;/h2*1-7H;1-2H3;2*1H;/q2*-1;;;;+2/p-2. The van der Waals surface area contributed by atoms with Crippen LogP contribution in [0.25, 0.3) is 22.3 Å².